The first-order valence-corrected chi connectivity index (χ1v) is 7.71. The smallest absolute Gasteiger partial charge is 0.315 e. The summed E-state index contributed by atoms with van der Waals surface area (Å²) in [5, 5.41) is 9.02. The lowest BCUT2D eigenvalue weighted by Crippen LogP contribution is -2.49. The average Bonchev–Trinajstić information content (AvgIpc) is 2.84. The largest absolute Gasteiger partial charge is 0.334 e. The number of rotatable bonds is 4. The second kappa shape index (κ2) is 6.86. The molecular formula is C13H22N4OS. The highest BCUT2D eigenvalue weighted by molar-refractivity contribution is 7.09. The molecule has 1 aliphatic rings. The second-order valence-electron chi connectivity index (χ2n) is 5.01. The van der Waals surface area contributed by atoms with Gasteiger partial charge in [0.05, 0.1) is 17.2 Å². The van der Waals surface area contributed by atoms with Crippen LogP contribution in [0.15, 0.2) is 5.38 Å². The fraction of sp³-hybridized carbons (Fsp3) is 0.692. The number of hydrogen-bond acceptors (Lipinski definition) is 4. The van der Waals surface area contributed by atoms with E-state index in [1.165, 1.54) is 0 Å². The fourth-order valence-corrected chi connectivity index (χ4v) is 3.03. The van der Waals surface area contributed by atoms with Crippen molar-refractivity contribution in [1.29, 1.82) is 0 Å². The zero-order valence-corrected chi connectivity index (χ0v) is 12.4. The van der Waals surface area contributed by atoms with E-state index in [4.69, 9.17) is 0 Å². The molecule has 1 aromatic heterocycles. The monoisotopic (exact) mass is 282 g/mol. The number of urea groups is 1. The molecule has 1 fully saturated rings. The lowest BCUT2D eigenvalue weighted by molar-refractivity contribution is 0.209. The second-order valence-corrected chi connectivity index (χ2v) is 5.96. The summed E-state index contributed by atoms with van der Waals surface area (Å²) in [4.78, 5) is 18.5. The van der Waals surface area contributed by atoms with Crippen LogP contribution in [0, 0.1) is 0 Å². The third-order valence-electron chi connectivity index (χ3n) is 3.29. The molecule has 0 aliphatic carbocycles. The van der Waals surface area contributed by atoms with Gasteiger partial charge in [0.1, 0.15) is 0 Å². The zero-order valence-electron chi connectivity index (χ0n) is 11.6. The van der Waals surface area contributed by atoms with Crippen molar-refractivity contribution in [3.8, 4) is 0 Å². The summed E-state index contributed by atoms with van der Waals surface area (Å²) in [6.45, 7) is 4.65. The minimum atomic E-state index is -0.0913. The van der Waals surface area contributed by atoms with Crippen molar-refractivity contribution in [2.75, 3.05) is 20.1 Å². The van der Waals surface area contributed by atoms with Crippen LogP contribution in [0.3, 0.4) is 0 Å². The Bertz CT molecular complexity index is 421. The summed E-state index contributed by atoms with van der Waals surface area (Å²) in [7, 11) is 2.09. The van der Waals surface area contributed by atoms with Gasteiger partial charge in [0, 0.05) is 18.0 Å². The van der Waals surface area contributed by atoms with E-state index in [1.807, 2.05) is 5.38 Å². The average molecular weight is 282 g/mol. The summed E-state index contributed by atoms with van der Waals surface area (Å²) in [5.41, 5.74) is 0.942. The van der Waals surface area contributed by atoms with E-state index >= 15 is 0 Å². The van der Waals surface area contributed by atoms with Gasteiger partial charge >= 0.3 is 6.03 Å². The van der Waals surface area contributed by atoms with E-state index in [0.717, 1.165) is 43.1 Å². The molecular weight excluding hydrogens is 260 g/mol. The number of aryl methyl sites for hydroxylation is 1. The Balaban J connectivity index is 1.72. The summed E-state index contributed by atoms with van der Waals surface area (Å²) in [6.07, 6.45) is 3.16. The molecule has 106 valence electrons. The minimum Gasteiger partial charge on any atom is -0.334 e. The SMILES string of the molecule is CCc1nc(CNC(=O)NC2CCCN(C)C2)cs1. The first-order valence-electron chi connectivity index (χ1n) is 6.83. The van der Waals surface area contributed by atoms with E-state index < -0.39 is 0 Å². The maximum atomic E-state index is 11.8. The molecule has 6 heteroatoms. The molecule has 1 aliphatic heterocycles. The van der Waals surface area contributed by atoms with Crippen molar-refractivity contribution in [2.45, 2.75) is 38.8 Å². The summed E-state index contributed by atoms with van der Waals surface area (Å²) >= 11 is 1.65. The van der Waals surface area contributed by atoms with Gasteiger partial charge in [-0.15, -0.1) is 11.3 Å². The van der Waals surface area contributed by atoms with Crippen molar-refractivity contribution in [1.82, 2.24) is 20.5 Å². The van der Waals surface area contributed by atoms with E-state index in [9.17, 15) is 4.79 Å². The normalized spacial score (nSPS) is 20.2. The maximum Gasteiger partial charge on any atom is 0.315 e. The van der Waals surface area contributed by atoms with Crippen LogP contribution in [0.4, 0.5) is 4.79 Å². The molecule has 0 saturated carbocycles. The Hall–Kier alpha value is -1.14. The Morgan fingerprint density at radius 1 is 1.63 bits per heavy atom. The van der Waals surface area contributed by atoms with E-state index in [0.29, 0.717) is 6.54 Å². The molecule has 5 nitrogen and oxygen atoms in total. The van der Waals surface area contributed by atoms with Crippen molar-refractivity contribution in [3.63, 3.8) is 0 Å². The number of likely N-dealkylation sites (N-methyl/N-ethyl adjacent to an activating group) is 1. The van der Waals surface area contributed by atoms with E-state index in [1.54, 1.807) is 11.3 Å². The number of carbonyl (C=O) groups excluding carboxylic acids is 1. The van der Waals surface area contributed by atoms with Gasteiger partial charge in [0.15, 0.2) is 0 Å². The number of nitrogens with zero attached hydrogens (tertiary/aromatic N) is 2. The highest BCUT2D eigenvalue weighted by atomic mass is 32.1. The lowest BCUT2D eigenvalue weighted by Gasteiger charge is -2.30. The van der Waals surface area contributed by atoms with Crippen LogP contribution < -0.4 is 10.6 Å². The molecule has 2 amide bonds. The molecule has 1 atom stereocenters. The molecule has 0 spiro atoms. The first-order chi connectivity index (χ1) is 9.17. The Morgan fingerprint density at radius 3 is 3.16 bits per heavy atom. The fourth-order valence-electron chi connectivity index (χ4n) is 2.28. The van der Waals surface area contributed by atoms with Crippen LogP contribution in [0.25, 0.3) is 0 Å². The molecule has 0 radical (unpaired) electrons. The molecule has 0 aromatic carbocycles. The van der Waals surface area contributed by atoms with E-state index in [-0.39, 0.29) is 12.1 Å². The molecule has 0 bridgehead atoms. The molecule has 2 heterocycles. The third-order valence-corrected chi connectivity index (χ3v) is 4.33. The number of piperidine rings is 1. The van der Waals surface area contributed by atoms with E-state index in [2.05, 4.69) is 34.5 Å². The van der Waals surface area contributed by atoms with Crippen molar-refractivity contribution >= 4 is 17.4 Å². The summed E-state index contributed by atoms with van der Waals surface area (Å²) < 4.78 is 0. The predicted octanol–water partition coefficient (Wildman–Crippen LogP) is 1.60. The topological polar surface area (TPSA) is 57.3 Å². The van der Waals surface area contributed by atoms with Crippen LogP contribution in [-0.2, 0) is 13.0 Å². The van der Waals surface area contributed by atoms with Crippen LogP contribution in [0.5, 0.6) is 0 Å². The predicted molar refractivity (Wildman–Crippen MR) is 77.4 cm³/mol. The standard InChI is InChI=1S/C13H22N4OS/c1-3-12-15-11(9-19-12)7-14-13(18)16-10-5-4-6-17(2)8-10/h9-10H,3-8H2,1-2H3,(H2,14,16,18). The van der Waals surface area contributed by atoms with Crippen molar-refractivity contribution in [3.05, 3.63) is 16.1 Å². The number of carbonyl (C=O) groups is 1. The van der Waals surface area contributed by atoms with Gasteiger partial charge in [0.2, 0.25) is 0 Å². The summed E-state index contributed by atoms with van der Waals surface area (Å²) in [6, 6.07) is 0.173. The number of thiazole rings is 1. The lowest BCUT2D eigenvalue weighted by atomic mass is 10.1. The first kappa shape index (κ1) is 14.3. The number of amides is 2. The van der Waals surface area contributed by atoms with Crippen LogP contribution >= 0.6 is 11.3 Å². The van der Waals surface area contributed by atoms with Gasteiger partial charge in [-0.25, -0.2) is 9.78 Å². The third kappa shape index (κ3) is 4.47. The minimum absolute atomic E-state index is 0.0913. The van der Waals surface area contributed by atoms with Gasteiger partial charge in [-0.1, -0.05) is 6.92 Å². The van der Waals surface area contributed by atoms with Gasteiger partial charge in [-0.05, 0) is 32.9 Å². The Labute approximate surface area is 118 Å². The number of hydrogen-bond donors (Lipinski definition) is 2. The van der Waals surface area contributed by atoms with Crippen molar-refractivity contribution < 1.29 is 4.79 Å². The Kier molecular flexibility index (Phi) is 5.15. The van der Waals surface area contributed by atoms with Crippen LogP contribution in [0.2, 0.25) is 0 Å². The van der Waals surface area contributed by atoms with Gasteiger partial charge in [0.25, 0.3) is 0 Å². The maximum absolute atomic E-state index is 11.8. The zero-order chi connectivity index (χ0) is 13.7. The molecule has 1 saturated heterocycles. The van der Waals surface area contributed by atoms with Crippen LogP contribution in [-0.4, -0.2) is 42.1 Å². The molecule has 2 N–H and O–H groups in total. The summed E-state index contributed by atoms with van der Waals surface area (Å²) in [5.74, 6) is 0. The Morgan fingerprint density at radius 2 is 2.47 bits per heavy atom. The molecule has 1 aromatic rings. The van der Waals surface area contributed by atoms with Crippen molar-refractivity contribution in [2.24, 2.45) is 0 Å². The van der Waals surface area contributed by atoms with Crippen LogP contribution in [0.1, 0.15) is 30.5 Å². The molecule has 2 rings (SSSR count). The molecule has 19 heavy (non-hydrogen) atoms. The molecule has 1 unspecified atom stereocenters. The highest BCUT2D eigenvalue weighted by Gasteiger charge is 2.18. The number of aromatic nitrogens is 1. The van der Waals surface area contributed by atoms with Gasteiger partial charge < -0.3 is 15.5 Å². The highest BCUT2D eigenvalue weighted by Crippen LogP contribution is 2.10. The van der Waals surface area contributed by atoms with Gasteiger partial charge in [-0.3, -0.25) is 0 Å². The quantitative estimate of drug-likeness (QED) is 0.882. The number of nitrogens with one attached hydrogen (secondary N) is 2. The number of likely N-dealkylation sites (tertiary alicyclic amines) is 1. The van der Waals surface area contributed by atoms with Gasteiger partial charge in [-0.2, -0.15) is 0 Å².